The fourth-order valence-electron chi connectivity index (χ4n) is 5.12. The Morgan fingerprint density at radius 3 is 2.77 bits per heavy atom. The van der Waals surface area contributed by atoms with Crippen molar-refractivity contribution >= 4 is 23.2 Å². The van der Waals surface area contributed by atoms with Crippen LogP contribution < -0.4 is 32.5 Å². The molecule has 3 atom stereocenters. The van der Waals surface area contributed by atoms with Gasteiger partial charge >= 0.3 is 5.69 Å². The van der Waals surface area contributed by atoms with E-state index >= 15 is 0 Å². The number of aromatic nitrogens is 4. The Kier molecular flexibility index (Phi) is 6.07. The molecule has 2 aliphatic rings. The van der Waals surface area contributed by atoms with Crippen LogP contribution in [-0.2, 0) is 20.1 Å². The minimum Gasteiger partial charge on any atom is -0.342 e. The summed E-state index contributed by atoms with van der Waals surface area (Å²) in [4.78, 5) is 38.9. The van der Waals surface area contributed by atoms with Crippen LogP contribution in [0.5, 0.6) is 0 Å². The van der Waals surface area contributed by atoms with E-state index in [1.807, 2.05) is 34.9 Å². The predicted molar refractivity (Wildman–Crippen MR) is 137 cm³/mol. The molecule has 35 heavy (non-hydrogen) atoms. The van der Waals surface area contributed by atoms with Crippen molar-refractivity contribution in [2.75, 3.05) is 18.0 Å². The van der Waals surface area contributed by atoms with E-state index in [1.165, 1.54) is 15.6 Å². The summed E-state index contributed by atoms with van der Waals surface area (Å²) in [5, 5.41) is 1.78. The number of fused-ring (bicyclic) bond motifs is 2. The van der Waals surface area contributed by atoms with Crippen molar-refractivity contribution in [1.82, 2.24) is 18.7 Å². The molecule has 0 amide bonds. The zero-order chi connectivity index (χ0) is 24.7. The normalized spacial score (nSPS) is 21.6. The van der Waals surface area contributed by atoms with Gasteiger partial charge in [-0.25, -0.2) is 4.79 Å². The fraction of sp³-hybridized carbons (Fsp3) is 0.462. The van der Waals surface area contributed by atoms with E-state index in [-0.39, 0.29) is 12.1 Å². The van der Waals surface area contributed by atoms with Crippen molar-refractivity contribution in [3.63, 3.8) is 0 Å². The monoisotopic (exact) mass is 473 g/mol. The number of nitrogens with two attached hydrogens (primary N) is 1. The number of para-hydroxylation sites is 1. The molecule has 1 aromatic carbocycles. The molecule has 182 valence electrons. The van der Waals surface area contributed by atoms with Crippen LogP contribution in [0.25, 0.3) is 17.2 Å². The number of piperidine rings is 1. The van der Waals surface area contributed by atoms with Crippen LogP contribution in [0.15, 0.2) is 38.8 Å². The highest BCUT2D eigenvalue weighted by atomic mass is 16.2. The lowest BCUT2D eigenvalue weighted by Gasteiger charge is -2.31. The second-order valence-electron chi connectivity index (χ2n) is 9.55. The number of aryl methyl sites for hydroxylation is 1. The predicted octanol–water partition coefficient (Wildman–Crippen LogP) is -0.0339. The maximum absolute atomic E-state index is 13.8. The third kappa shape index (κ3) is 4.08. The molecule has 0 spiro atoms. The molecule has 4 heterocycles. The van der Waals surface area contributed by atoms with Crippen LogP contribution in [0.3, 0.4) is 0 Å². The fourth-order valence-corrected chi connectivity index (χ4v) is 5.12. The van der Waals surface area contributed by atoms with Gasteiger partial charge in [0.2, 0.25) is 5.95 Å². The Hall–Kier alpha value is -3.64. The largest absolute Gasteiger partial charge is 0.342 e. The number of hydrogen-bond donors (Lipinski definition) is 1. The molecular formula is C26H31N7O2. The summed E-state index contributed by atoms with van der Waals surface area (Å²) in [6, 6.07) is 6.90. The summed E-state index contributed by atoms with van der Waals surface area (Å²) >= 11 is 0. The van der Waals surface area contributed by atoms with E-state index in [1.54, 1.807) is 14.0 Å². The minimum atomic E-state index is -0.429. The first-order valence-electron chi connectivity index (χ1n) is 12.1. The van der Waals surface area contributed by atoms with Gasteiger partial charge in [0.15, 0.2) is 11.2 Å². The molecule has 0 aliphatic carbocycles. The Labute approximate surface area is 203 Å². The van der Waals surface area contributed by atoms with Crippen molar-refractivity contribution in [3.8, 4) is 11.8 Å². The first-order chi connectivity index (χ1) is 16.9. The molecule has 9 nitrogen and oxygen atoms in total. The molecule has 1 saturated heterocycles. The average molecular weight is 474 g/mol. The summed E-state index contributed by atoms with van der Waals surface area (Å²) < 4.78 is 4.56. The van der Waals surface area contributed by atoms with Crippen LogP contribution in [0.1, 0.15) is 26.7 Å². The molecule has 0 bridgehead atoms. The van der Waals surface area contributed by atoms with Crippen molar-refractivity contribution in [1.29, 1.82) is 0 Å². The van der Waals surface area contributed by atoms with Gasteiger partial charge in [0, 0.05) is 26.2 Å². The van der Waals surface area contributed by atoms with E-state index in [0.717, 1.165) is 30.1 Å². The number of imidazole rings is 1. The van der Waals surface area contributed by atoms with E-state index < -0.39 is 17.8 Å². The summed E-state index contributed by atoms with van der Waals surface area (Å²) in [6.07, 6.45) is 4.17. The number of benzene rings is 1. The first-order valence-corrected chi connectivity index (χ1v) is 12.1. The van der Waals surface area contributed by atoms with Crippen LogP contribution in [-0.4, -0.2) is 43.9 Å². The summed E-state index contributed by atoms with van der Waals surface area (Å²) in [5.41, 5.74) is 6.35. The third-order valence-corrected chi connectivity index (χ3v) is 6.99. The minimum absolute atomic E-state index is 0.0914. The lowest BCUT2D eigenvalue weighted by Crippen LogP contribution is -2.49. The lowest BCUT2D eigenvalue weighted by atomic mass is 10.0. The molecule has 2 aromatic heterocycles. The van der Waals surface area contributed by atoms with Gasteiger partial charge in [0.25, 0.3) is 5.56 Å². The van der Waals surface area contributed by atoms with Crippen LogP contribution in [0.4, 0.5) is 5.95 Å². The van der Waals surface area contributed by atoms with Crippen LogP contribution in [0.2, 0.25) is 0 Å². The van der Waals surface area contributed by atoms with Gasteiger partial charge in [0.05, 0.1) is 24.5 Å². The molecule has 5 rings (SSSR count). The van der Waals surface area contributed by atoms with E-state index in [9.17, 15) is 9.59 Å². The van der Waals surface area contributed by atoms with Gasteiger partial charge in [-0.3, -0.25) is 23.5 Å². The van der Waals surface area contributed by atoms with E-state index in [4.69, 9.17) is 15.7 Å². The highest BCUT2D eigenvalue weighted by molar-refractivity contribution is 5.75. The lowest BCUT2D eigenvalue weighted by molar-refractivity contribution is 0.439. The van der Waals surface area contributed by atoms with Gasteiger partial charge in [-0.1, -0.05) is 37.1 Å². The average Bonchev–Trinajstić information content (AvgIpc) is 3.24. The van der Waals surface area contributed by atoms with E-state index in [2.05, 4.69) is 23.7 Å². The third-order valence-electron chi connectivity index (χ3n) is 6.99. The molecule has 1 fully saturated rings. The summed E-state index contributed by atoms with van der Waals surface area (Å²) in [6.45, 7) is 6.13. The molecular weight excluding hydrogens is 442 g/mol. The Bertz CT molecular complexity index is 1580. The highest BCUT2D eigenvalue weighted by Crippen LogP contribution is 2.25. The molecule has 9 heteroatoms. The van der Waals surface area contributed by atoms with Crippen LogP contribution in [0, 0.1) is 17.8 Å². The van der Waals surface area contributed by atoms with Gasteiger partial charge in [-0.15, -0.1) is 5.92 Å². The van der Waals surface area contributed by atoms with E-state index in [0.29, 0.717) is 29.6 Å². The highest BCUT2D eigenvalue weighted by Gasteiger charge is 2.27. The van der Waals surface area contributed by atoms with Gasteiger partial charge in [-0.2, -0.15) is 4.98 Å². The van der Waals surface area contributed by atoms with Gasteiger partial charge in [0.1, 0.15) is 0 Å². The SMILES string of the molecule is CC#CCn1c(N2CCC[C@@H](C)C2)nc2c1c(=O)n(CC1N=c3ccccc3=CC1N)c(=O)n2C. The Morgan fingerprint density at radius 2 is 2.00 bits per heavy atom. The number of nitrogens with zero attached hydrogens (tertiary/aromatic N) is 6. The Balaban J connectivity index is 1.66. The second kappa shape index (κ2) is 9.19. The molecule has 0 radical (unpaired) electrons. The topological polar surface area (TPSA) is 103 Å². The van der Waals surface area contributed by atoms with Crippen molar-refractivity contribution in [3.05, 3.63) is 55.7 Å². The smallest absolute Gasteiger partial charge is 0.332 e. The number of hydrogen-bond acceptors (Lipinski definition) is 6. The Morgan fingerprint density at radius 1 is 1.20 bits per heavy atom. The maximum Gasteiger partial charge on any atom is 0.332 e. The van der Waals surface area contributed by atoms with Gasteiger partial charge in [-0.05, 0) is 37.0 Å². The number of anilines is 1. The van der Waals surface area contributed by atoms with Crippen molar-refractivity contribution in [2.45, 2.75) is 51.9 Å². The molecule has 2 aliphatic heterocycles. The second-order valence-corrected chi connectivity index (χ2v) is 9.55. The summed E-state index contributed by atoms with van der Waals surface area (Å²) in [5.74, 6) is 7.23. The van der Waals surface area contributed by atoms with Crippen molar-refractivity contribution < 1.29 is 0 Å². The quantitative estimate of drug-likeness (QED) is 0.536. The number of rotatable bonds is 4. The maximum atomic E-state index is 13.8. The molecule has 0 saturated carbocycles. The standard InChI is InChI=1S/C26H31N7O2/c1-4-5-13-32-22-23(29-25(32)31-12-8-9-17(2)15-31)30(3)26(35)33(24(22)34)16-21-19(27)14-18-10-6-7-11-20(18)28-21/h6-7,10-11,14,17,19,21H,8-9,12-13,15-16,27H2,1-3H3/t17-,19?,21?/m1/s1. The van der Waals surface area contributed by atoms with Gasteiger partial charge < -0.3 is 10.6 Å². The zero-order valence-corrected chi connectivity index (χ0v) is 20.4. The molecule has 3 aromatic rings. The molecule has 2 unspecified atom stereocenters. The molecule has 2 N–H and O–H groups in total. The summed E-state index contributed by atoms with van der Waals surface area (Å²) in [7, 11) is 1.66. The zero-order valence-electron chi connectivity index (χ0n) is 20.4. The first kappa shape index (κ1) is 23.1. The van der Waals surface area contributed by atoms with Crippen molar-refractivity contribution in [2.24, 2.45) is 23.7 Å². The van der Waals surface area contributed by atoms with Crippen LogP contribution >= 0.6 is 0 Å².